The average molecular weight is 250 g/mol. The van der Waals surface area contributed by atoms with Gasteiger partial charge in [0.05, 0.1) is 13.2 Å². The van der Waals surface area contributed by atoms with Crippen LogP contribution in [0.4, 0.5) is 0 Å². The summed E-state index contributed by atoms with van der Waals surface area (Å²) in [4.78, 5) is 23.0. The fourth-order valence-corrected chi connectivity index (χ4v) is 1.34. The van der Waals surface area contributed by atoms with E-state index in [4.69, 9.17) is 5.11 Å². The first-order valence-corrected chi connectivity index (χ1v) is 5.78. The van der Waals surface area contributed by atoms with Crippen molar-refractivity contribution in [1.82, 2.24) is 10.6 Å². The Labute approximate surface area is 106 Å². The normalized spacial score (nSPS) is 11.7. The van der Waals surface area contributed by atoms with E-state index in [0.717, 1.165) is 5.56 Å². The number of rotatable bonds is 5. The Morgan fingerprint density at radius 3 is 2.44 bits per heavy atom. The van der Waals surface area contributed by atoms with Crippen molar-refractivity contribution in [2.75, 3.05) is 13.2 Å². The van der Waals surface area contributed by atoms with Gasteiger partial charge in [-0.1, -0.05) is 17.7 Å². The molecule has 5 heteroatoms. The Bertz CT molecular complexity index is 415. The monoisotopic (exact) mass is 250 g/mol. The van der Waals surface area contributed by atoms with E-state index in [9.17, 15) is 9.59 Å². The second kappa shape index (κ2) is 6.76. The molecule has 3 N–H and O–H groups in total. The van der Waals surface area contributed by atoms with Crippen LogP contribution in [0.25, 0.3) is 0 Å². The summed E-state index contributed by atoms with van der Waals surface area (Å²) in [5.74, 6) is -0.612. The topological polar surface area (TPSA) is 78.4 Å². The smallest absolute Gasteiger partial charge is 0.251 e. The number of amides is 2. The lowest BCUT2D eigenvalue weighted by Crippen LogP contribution is -2.42. The number of carbonyl (C=O) groups excluding carboxylic acids is 2. The molecule has 1 rings (SSSR count). The van der Waals surface area contributed by atoms with E-state index in [0.29, 0.717) is 5.56 Å². The van der Waals surface area contributed by atoms with Gasteiger partial charge in [0, 0.05) is 11.6 Å². The quantitative estimate of drug-likeness (QED) is 0.699. The van der Waals surface area contributed by atoms with Gasteiger partial charge in [0.2, 0.25) is 5.91 Å². The van der Waals surface area contributed by atoms with Gasteiger partial charge in [-0.15, -0.1) is 0 Å². The predicted molar refractivity (Wildman–Crippen MR) is 68.2 cm³/mol. The number of benzene rings is 1. The summed E-state index contributed by atoms with van der Waals surface area (Å²) < 4.78 is 0. The summed E-state index contributed by atoms with van der Waals surface area (Å²) in [5, 5.41) is 13.8. The number of hydrogen-bond donors (Lipinski definition) is 3. The third kappa shape index (κ3) is 4.55. The molecule has 0 saturated carbocycles. The van der Waals surface area contributed by atoms with Crippen molar-refractivity contribution < 1.29 is 14.7 Å². The molecule has 0 bridgehead atoms. The Kier molecular flexibility index (Phi) is 5.32. The van der Waals surface area contributed by atoms with Crippen LogP contribution >= 0.6 is 0 Å². The predicted octanol–water partition coefficient (Wildman–Crippen LogP) is 0.222. The van der Waals surface area contributed by atoms with Crippen LogP contribution in [0.1, 0.15) is 22.8 Å². The molecule has 0 aromatic heterocycles. The van der Waals surface area contributed by atoms with Crippen LogP contribution in [0.2, 0.25) is 0 Å². The first kappa shape index (κ1) is 14.2. The summed E-state index contributed by atoms with van der Waals surface area (Å²) in [6.07, 6.45) is 0. The SMILES string of the molecule is Cc1ccc(C(=O)NCC(=O)N[C@@H](C)CO)cc1. The molecule has 0 radical (unpaired) electrons. The van der Waals surface area contributed by atoms with Gasteiger partial charge in [0.1, 0.15) is 0 Å². The molecule has 0 spiro atoms. The van der Waals surface area contributed by atoms with Gasteiger partial charge in [0.25, 0.3) is 5.91 Å². The first-order valence-electron chi connectivity index (χ1n) is 5.78. The number of aliphatic hydroxyl groups is 1. The molecule has 1 aromatic carbocycles. The van der Waals surface area contributed by atoms with E-state index >= 15 is 0 Å². The summed E-state index contributed by atoms with van der Waals surface area (Å²) in [5.41, 5.74) is 1.59. The molecule has 1 aromatic rings. The molecule has 0 unspecified atom stereocenters. The standard InChI is InChI=1S/C13H18N2O3/c1-9-3-5-11(6-4-9)13(18)14-7-12(17)15-10(2)8-16/h3-6,10,16H,7-8H2,1-2H3,(H,14,18)(H,15,17)/t10-/m0/s1. The highest BCUT2D eigenvalue weighted by Gasteiger charge is 2.09. The Morgan fingerprint density at radius 1 is 1.28 bits per heavy atom. The van der Waals surface area contributed by atoms with Crippen molar-refractivity contribution >= 4 is 11.8 Å². The fraction of sp³-hybridized carbons (Fsp3) is 0.385. The summed E-state index contributed by atoms with van der Waals surface area (Å²) in [6, 6.07) is 6.78. The number of carbonyl (C=O) groups is 2. The van der Waals surface area contributed by atoms with E-state index in [1.165, 1.54) is 0 Å². The minimum Gasteiger partial charge on any atom is -0.394 e. The van der Waals surface area contributed by atoms with Crippen LogP contribution in [-0.4, -0.2) is 36.1 Å². The molecule has 5 nitrogen and oxygen atoms in total. The molecule has 2 amide bonds. The maximum atomic E-state index is 11.7. The van der Waals surface area contributed by atoms with Crippen LogP contribution in [0.5, 0.6) is 0 Å². The lowest BCUT2D eigenvalue weighted by Gasteiger charge is -2.11. The maximum absolute atomic E-state index is 11.7. The molecule has 0 saturated heterocycles. The number of aryl methyl sites for hydroxylation is 1. The van der Waals surface area contributed by atoms with Crippen LogP contribution in [0.15, 0.2) is 24.3 Å². The lowest BCUT2D eigenvalue weighted by atomic mass is 10.1. The molecular formula is C13H18N2O3. The molecule has 18 heavy (non-hydrogen) atoms. The Balaban J connectivity index is 2.41. The molecule has 0 fully saturated rings. The summed E-state index contributed by atoms with van der Waals surface area (Å²) >= 11 is 0. The largest absolute Gasteiger partial charge is 0.394 e. The Hall–Kier alpha value is -1.88. The lowest BCUT2D eigenvalue weighted by molar-refractivity contribution is -0.121. The fourth-order valence-electron chi connectivity index (χ4n) is 1.34. The van der Waals surface area contributed by atoms with Crippen LogP contribution in [0, 0.1) is 6.92 Å². The molecule has 0 heterocycles. The minimum atomic E-state index is -0.322. The third-order valence-electron chi connectivity index (χ3n) is 2.40. The molecule has 0 aliphatic heterocycles. The zero-order chi connectivity index (χ0) is 13.5. The van der Waals surface area contributed by atoms with E-state index in [1.54, 1.807) is 19.1 Å². The van der Waals surface area contributed by atoms with Crippen molar-refractivity contribution in [3.8, 4) is 0 Å². The molecule has 1 atom stereocenters. The first-order chi connectivity index (χ1) is 8.52. The van der Waals surface area contributed by atoms with Crippen LogP contribution in [0.3, 0.4) is 0 Å². The minimum absolute atomic E-state index is 0.100. The van der Waals surface area contributed by atoms with Crippen molar-refractivity contribution in [2.45, 2.75) is 19.9 Å². The van der Waals surface area contributed by atoms with Gasteiger partial charge in [-0.05, 0) is 26.0 Å². The van der Waals surface area contributed by atoms with Crippen molar-refractivity contribution in [3.05, 3.63) is 35.4 Å². The van der Waals surface area contributed by atoms with Gasteiger partial charge in [0.15, 0.2) is 0 Å². The molecular weight excluding hydrogens is 232 g/mol. The highest BCUT2D eigenvalue weighted by Crippen LogP contribution is 2.02. The van der Waals surface area contributed by atoms with Gasteiger partial charge < -0.3 is 15.7 Å². The zero-order valence-electron chi connectivity index (χ0n) is 10.6. The highest BCUT2D eigenvalue weighted by atomic mass is 16.3. The van der Waals surface area contributed by atoms with Crippen LogP contribution in [-0.2, 0) is 4.79 Å². The van der Waals surface area contributed by atoms with Crippen molar-refractivity contribution in [3.63, 3.8) is 0 Å². The van der Waals surface area contributed by atoms with Crippen LogP contribution < -0.4 is 10.6 Å². The van der Waals surface area contributed by atoms with Gasteiger partial charge in [-0.25, -0.2) is 0 Å². The maximum Gasteiger partial charge on any atom is 0.251 e. The second-order valence-corrected chi connectivity index (χ2v) is 4.20. The van der Waals surface area contributed by atoms with Gasteiger partial charge in [-0.3, -0.25) is 9.59 Å². The molecule has 0 aliphatic rings. The number of aliphatic hydroxyl groups excluding tert-OH is 1. The Morgan fingerprint density at radius 2 is 1.89 bits per heavy atom. The third-order valence-corrected chi connectivity index (χ3v) is 2.40. The number of hydrogen-bond acceptors (Lipinski definition) is 3. The van der Waals surface area contributed by atoms with Crippen molar-refractivity contribution in [2.24, 2.45) is 0 Å². The number of nitrogens with one attached hydrogen (secondary N) is 2. The van der Waals surface area contributed by atoms with E-state index < -0.39 is 0 Å². The second-order valence-electron chi connectivity index (χ2n) is 4.20. The van der Waals surface area contributed by atoms with E-state index in [1.807, 2.05) is 19.1 Å². The average Bonchev–Trinajstić information content (AvgIpc) is 2.36. The zero-order valence-corrected chi connectivity index (χ0v) is 10.6. The highest BCUT2D eigenvalue weighted by molar-refractivity contribution is 5.96. The van der Waals surface area contributed by atoms with E-state index in [-0.39, 0.29) is 31.0 Å². The molecule has 0 aliphatic carbocycles. The summed E-state index contributed by atoms with van der Waals surface area (Å²) in [7, 11) is 0. The van der Waals surface area contributed by atoms with E-state index in [2.05, 4.69) is 10.6 Å². The van der Waals surface area contributed by atoms with Gasteiger partial charge in [-0.2, -0.15) is 0 Å². The van der Waals surface area contributed by atoms with Crippen molar-refractivity contribution in [1.29, 1.82) is 0 Å². The molecule has 98 valence electrons. The summed E-state index contributed by atoms with van der Waals surface area (Å²) in [6.45, 7) is 3.39. The van der Waals surface area contributed by atoms with Gasteiger partial charge >= 0.3 is 0 Å².